The van der Waals surface area contributed by atoms with Gasteiger partial charge in [-0.05, 0) is 28.1 Å². The van der Waals surface area contributed by atoms with Crippen molar-refractivity contribution in [2.75, 3.05) is 24.9 Å². The average Bonchev–Trinajstić information content (AvgIpc) is 2.28. The highest BCUT2D eigenvalue weighted by Gasteiger charge is 2.27. The number of hydrogen-bond acceptors (Lipinski definition) is 4. The van der Waals surface area contributed by atoms with Crippen molar-refractivity contribution in [2.45, 2.75) is 6.08 Å². The molecule has 0 aromatic carbocycles. The van der Waals surface area contributed by atoms with Crippen LogP contribution in [0.1, 0.15) is 11.0 Å². The van der Waals surface area contributed by atoms with E-state index < -0.39 is 26.1 Å². The van der Waals surface area contributed by atoms with Gasteiger partial charge < -0.3 is 9.64 Å². The topological polar surface area (TPSA) is 38.2 Å². The summed E-state index contributed by atoms with van der Waals surface area (Å²) < 4.78 is 64.8. The molecule has 0 radical (unpaired) electrons. The first-order chi connectivity index (χ1) is 9.33. The largest absolute Gasteiger partial charge is 0.378 e. The first kappa shape index (κ1) is 3.47. The van der Waals surface area contributed by atoms with Gasteiger partial charge >= 0.3 is 0 Å². The molecule has 1 aliphatic rings. The lowest BCUT2D eigenvalue weighted by molar-refractivity contribution is 0.0782. The molecule has 0 bridgehead atoms. The van der Waals surface area contributed by atoms with E-state index in [0.29, 0.717) is 9.50 Å². The summed E-state index contributed by atoms with van der Waals surface area (Å²) in [6.07, 6.45) is -2.93. The van der Waals surface area contributed by atoms with E-state index in [0.717, 1.165) is 0 Å². The number of rotatable bonds is 2. The van der Waals surface area contributed by atoms with Gasteiger partial charge in [-0.3, -0.25) is 0 Å². The molecule has 0 amide bonds. The predicted molar refractivity (Wildman–Crippen MR) is 52.7 cm³/mol. The number of halogens is 1. The van der Waals surface area contributed by atoms with Gasteiger partial charge in [0.15, 0.2) is 5.82 Å². The summed E-state index contributed by atoms with van der Waals surface area (Å²) in [4.78, 5) is 0.526. The Balaban J connectivity index is 2.42. The minimum atomic E-state index is -3.11. The highest BCUT2D eigenvalue weighted by Crippen LogP contribution is 2.19. The first-order valence-electron chi connectivity index (χ1n) is 7.33. The zero-order valence-electron chi connectivity index (χ0n) is 14.3. The van der Waals surface area contributed by atoms with E-state index in [4.69, 9.17) is 11.0 Å². The summed E-state index contributed by atoms with van der Waals surface area (Å²) >= 11 is 3.04. The van der Waals surface area contributed by atoms with E-state index in [-0.39, 0.29) is 5.82 Å². The van der Waals surface area contributed by atoms with E-state index in [1.54, 1.807) is 0 Å². The van der Waals surface area contributed by atoms with Crippen molar-refractivity contribution in [1.29, 1.82) is 0 Å². The summed E-state index contributed by atoms with van der Waals surface area (Å²) in [6.45, 7) is -5.49. The number of aromatic nitrogens is 2. The Labute approximate surface area is 96.3 Å². The van der Waals surface area contributed by atoms with E-state index >= 15 is 0 Å². The van der Waals surface area contributed by atoms with Crippen molar-refractivity contribution < 1.29 is 15.7 Å². The van der Waals surface area contributed by atoms with Crippen LogP contribution in [0, 0.1) is 0 Å². The molecule has 1 saturated heterocycles. The molecular formula is C8H10BrN3O. The van der Waals surface area contributed by atoms with Crippen LogP contribution in [0.2, 0.25) is 0 Å². The molecule has 0 atom stereocenters. The summed E-state index contributed by atoms with van der Waals surface area (Å²) in [5, 5.41) is 7.24. The van der Waals surface area contributed by atoms with Crippen molar-refractivity contribution in [3.8, 4) is 0 Å². The van der Waals surface area contributed by atoms with Crippen LogP contribution in [0.4, 0.5) is 5.82 Å². The van der Waals surface area contributed by atoms with Crippen molar-refractivity contribution in [2.24, 2.45) is 0 Å². The molecule has 0 N–H and O–H groups in total. The maximum atomic E-state index is 7.82. The Bertz CT molecular complexity index is 531. The predicted octanol–water partition coefficient (Wildman–Crippen LogP) is 1.07. The van der Waals surface area contributed by atoms with Crippen LogP contribution in [-0.4, -0.2) is 36.3 Å². The molecule has 1 fully saturated rings. The number of ether oxygens (including phenoxy) is 1. The third-order valence-corrected chi connectivity index (χ3v) is 1.80. The fourth-order valence-electron chi connectivity index (χ4n) is 0.792. The van der Waals surface area contributed by atoms with Gasteiger partial charge in [-0.2, -0.15) is 0 Å². The molecule has 1 aliphatic heterocycles. The van der Waals surface area contributed by atoms with Crippen LogP contribution in [-0.2, 0) is 4.74 Å². The van der Waals surface area contributed by atoms with Gasteiger partial charge in [-0.1, -0.05) is 0 Å². The van der Waals surface area contributed by atoms with Gasteiger partial charge in [0.1, 0.15) is 4.60 Å². The third-order valence-electron chi connectivity index (χ3n) is 1.38. The van der Waals surface area contributed by atoms with E-state index in [2.05, 4.69) is 30.9 Å². The van der Waals surface area contributed by atoms with Gasteiger partial charge in [0.25, 0.3) is 0 Å². The molecule has 0 spiro atoms. The second-order valence-corrected chi connectivity index (χ2v) is 3.02. The molecule has 1 aromatic heterocycles. The second-order valence-electron chi connectivity index (χ2n) is 2.20. The lowest BCUT2D eigenvalue weighted by Gasteiger charge is -2.38. The fraction of sp³-hybridized carbons (Fsp3) is 0.500. The minimum absolute atomic E-state index is 0.176. The van der Waals surface area contributed by atoms with Crippen LogP contribution < -0.4 is 4.90 Å². The summed E-state index contributed by atoms with van der Waals surface area (Å²) in [7, 11) is -3.11. The second kappa shape index (κ2) is 3.59. The first-order valence-corrected chi connectivity index (χ1v) is 4.12. The minimum Gasteiger partial charge on any atom is -0.378 e. The van der Waals surface area contributed by atoms with Crippen LogP contribution >= 0.6 is 15.9 Å². The lowest BCUT2D eigenvalue weighted by atomic mass is 10.2. The van der Waals surface area contributed by atoms with Crippen LogP contribution in [0.25, 0.3) is 0 Å². The normalized spacial score (nSPS) is 37.5. The SMILES string of the molecule is [2H]C([2H])([2H])OC1([2H])C([2H])([2H])N(c2ccc(Br)nn2)C1([2H])[2H]. The molecule has 4 nitrogen and oxygen atoms in total. The highest BCUT2D eigenvalue weighted by molar-refractivity contribution is 9.10. The zero-order chi connectivity index (χ0) is 16.3. The summed E-state index contributed by atoms with van der Waals surface area (Å²) in [5.74, 6) is -0.176. The fourth-order valence-corrected chi connectivity index (χ4v) is 1.00. The Morgan fingerprint density at radius 1 is 1.77 bits per heavy atom. The molecule has 0 aliphatic carbocycles. The molecule has 70 valence electrons. The molecule has 5 heteroatoms. The van der Waals surface area contributed by atoms with Gasteiger partial charge in [0.2, 0.25) is 0 Å². The van der Waals surface area contributed by atoms with Gasteiger partial charge in [0, 0.05) is 20.0 Å². The van der Waals surface area contributed by atoms with Crippen LogP contribution in [0.3, 0.4) is 0 Å². The van der Waals surface area contributed by atoms with E-state index in [9.17, 15) is 0 Å². The van der Waals surface area contributed by atoms with E-state index in [1.807, 2.05) is 0 Å². The molecule has 0 saturated carbocycles. The molecular weight excluding hydrogens is 234 g/mol. The lowest BCUT2D eigenvalue weighted by Crippen LogP contribution is -2.52. The van der Waals surface area contributed by atoms with Gasteiger partial charge in [0.05, 0.1) is 17.0 Å². The quantitative estimate of drug-likeness (QED) is 0.789. The number of hydrogen-bond donors (Lipinski definition) is 0. The molecule has 2 rings (SSSR count). The molecule has 2 heterocycles. The van der Waals surface area contributed by atoms with Crippen LogP contribution in [0.5, 0.6) is 0 Å². The Morgan fingerprint density at radius 3 is 3.23 bits per heavy atom. The van der Waals surface area contributed by atoms with Crippen molar-refractivity contribution in [3.63, 3.8) is 0 Å². The van der Waals surface area contributed by atoms with Gasteiger partial charge in [-0.15, -0.1) is 10.2 Å². The maximum absolute atomic E-state index is 7.82. The van der Waals surface area contributed by atoms with Gasteiger partial charge in [-0.25, -0.2) is 0 Å². The third kappa shape index (κ3) is 1.81. The molecule has 1 aromatic rings. The Kier molecular flexibility index (Phi) is 0.960. The zero-order valence-corrected chi connectivity index (χ0v) is 7.87. The molecule has 0 unspecified atom stereocenters. The van der Waals surface area contributed by atoms with Crippen molar-refractivity contribution in [1.82, 2.24) is 10.2 Å². The summed E-state index contributed by atoms with van der Waals surface area (Å²) in [5.41, 5.74) is 0. The van der Waals surface area contributed by atoms with Crippen LogP contribution in [0.15, 0.2) is 16.7 Å². The molecule has 13 heavy (non-hydrogen) atoms. The van der Waals surface area contributed by atoms with E-state index in [1.165, 1.54) is 12.1 Å². The Morgan fingerprint density at radius 2 is 2.62 bits per heavy atom. The number of anilines is 1. The average molecular weight is 252 g/mol. The van der Waals surface area contributed by atoms with Crippen molar-refractivity contribution in [3.05, 3.63) is 16.7 Å². The number of nitrogens with zero attached hydrogens (tertiary/aromatic N) is 3. The standard InChI is InChI=1S/C8H10BrN3O/c1-13-6-4-12(5-6)8-3-2-7(9)10-11-8/h2-3,6H,4-5H2,1H3/i1D3,4D2,5D2,6D. The number of methoxy groups -OCH3 is 1. The maximum Gasteiger partial charge on any atom is 0.151 e. The smallest absolute Gasteiger partial charge is 0.151 e. The monoisotopic (exact) mass is 251 g/mol. The Hall–Kier alpha value is -0.680. The van der Waals surface area contributed by atoms with Crippen molar-refractivity contribution >= 4 is 21.7 Å². The highest BCUT2D eigenvalue weighted by atomic mass is 79.9. The summed E-state index contributed by atoms with van der Waals surface area (Å²) in [6, 6.07) is 2.71.